The van der Waals surface area contributed by atoms with E-state index < -0.39 is 0 Å². The van der Waals surface area contributed by atoms with Crippen LogP contribution in [0, 0.1) is 0 Å². The molecule has 0 spiro atoms. The summed E-state index contributed by atoms with van der Waals surface area (Å²) in [6.45, 7) is 0. The average Bonchev–Trinajstić information content (AvgIpc) is 3.98. The van der Waals surface area contributed by atoms with Crippen molar-refractivity contribution in [1.29, 1.82) is 0 Å². The van der Waals surface area contributed by atoms with Gasteiger partial charge in [-0.25, -0.2) is 9.97 Å². The molecule has 0 aliphatic carbocycles. The molecule has 3 aromatic heterocycles. The smallest absolute Gasteiger partial charge is 0.160 e. The van der Waals surface area contributed by atoms with Crippen molar-refractivity contribution in [3.8, 4) is 78.5 Å². The Hall–Kier alpha value is -9.64. The molecule has 0 radical (unpaired) electrons. The van der Waals surface area contributed by atoms with Crippen LogP contribution in [0.25, 0.3) is 133 Å². The van der Waals surface area contributed by atoms with Gasteiger partial charge in [-0.2, -0.15) is 0 Å². The molecular formula is C68H44N4. The lowest BCUT2D eigenvalue weighted by atomic mass is 9.96. The Morgan fingerprint density at radius 3 is 1.04 bits per heavy atom. The van der Waals surface area contributed by atoms with E-state index >= 15 is 0 Å². The minimum Gasteiger partial charge on any atom is -0.309 e. The molecule has 0 amide bonds. The van der Waals surface area contributed by atoms with Gasteiger partial charge in [0, 0.05) is 49.4 Å². The third-order valence-corrected chi connectivity index (χ3v) is 14.4. The third-order valence-electron chi connectivity index (χ3n) is 14.4. The van der Waals surface area contributed by atoms with Crippen LogP contribution in [0.1, 0.15) is 0 Å². The molecule has 4 nitrogen and oxygen atoms in total. The molecular weight excluding hydrogens is 873 g/mol. The molecule has 0 fully saturated rings. The number of rotatable bonds is 8. The van der Waals surface area contributed by atoms with Gasteiger partial charge in [0.15, 0.2) is 5.82 Å². The summed E-state index contributed by atoms with van der Waals surface area (Å²) in [5, 5.41) is 6.00. The summed E-state index contributed by atoms with van der Waals surface area (Å²) >= 11 is 0. The number of nitrogens with zero attached hydrogens (tertiary/aromatic N) is 4. The highest BCUT2D eigenvalue weighted by Gasteiger charge is 2.17. The van der Waals surface area contributed by atoms with Crippen molar-refractivity contribution >= 4 is 54.5 Å². The number of benzene rings is 11. The summed E-state index contributed by atoms with van der Waals surface area (Å²) in [7, 11) is 0. The van der Waals surface area contributed by atoms with Crippen LogP contribution >= 0.6 is 0 Å². The van der Waals surface area contributed by atoms with Gasteiger partial charge >= 0.3 is 0 Å². The highest BCUT2D eigenvalue weighted by Crippen LogP contribution is 2.39. The van der Waals surface area contributed by atoms with Crippen LogP contribution < -0.4 is 0 Å². The normalized spacial score (nSPS) is 11.6. The zero-order valence-electron chi connectivity index (χ0n) is 39.2. The van der Waals surface area contributed by atoms with E-state index in [2.05, 4.69) is 276 Å². The van der Waals surface area contributed by atoms with E-state index in [1.54, 1.807) is 0 Å². The zero-order chi connectivity index (χ0) is 47.5. The third kappa shape index (κ3) is 7.08. The fraction of sp³-hybridized carbons (Fsp3) is 0. The molecule has 3 heterocycles. The molecule has 0 N–H and O–H groups in total. The molecule has 4 heteroatoms. The molecule has 14 rings (SSSR count). The maximum absolute atomic E-state index is 5.29. The van der Waals surface area contributed by atoms with Crippen LogP contribution in [0.4, 0.5) is 0 Å². The molecule has 72 heavy (non-hydrogen) atoms. The molecule has 0 saturated carbocycles. The second kappa shape index (κ2) is 17.1. The largest absolute Gasteiger partial charge is 0.309 e. The van der Waals surface area contributed by atoms with Crippen molar-refractivity contribution < 1.29 is 0 Å². The van der Waals surface area contributed by atoms with Crippen LogP contribution in [0.15, 0.2) is 267 Å². The highest BCUT2D eigenvalue weighted by molar-refractivity contribution is 6.11. The Morgan fingerprint density at radius 1 is 0.222 bits per heavy atom. The number of aromatic nitrogens is 4. The lowest BCUT2D eigenvalue weighted by molar-refractivity contribution is 1.18. The average molecular weight is 917 g/mol. The van der Waals surface area contributed by atoms with E-state index in [-0.39, 0.29) is 0 Å². The molecule has 0 aliphatic heterocycles. The molecule has 0 bridgehead atoms. The summed E-state index contributed by atoms with van der Waals surface area (Å²) in [6.07, 6.45) is 0. The van der Waals surface area contributed by atoms with E-state index in [0.29, 0.717) is 5.82 Å². The summed E-state index contributed by atoms with van der Waals surface area (Å²) in [5.41, 5.74) is 20.3. The number of hydrogen-bond donors (Lipinski definition) is 0. The number of hydrogen-bond acceptors (Lipinski definition) is 2. The zero-order valence-corrected chi connectivity index (χ0v) is 39.2. The maximum atomic E-state index is 5.29. The first-order valence-electron chi connectivity index (χ1n) is 24.6. The van der Waals surface area contributed by atoms with Crippen molar-refractivity contribution in [1.82, 2.24) is 19.1 Å². The van der Waals surface area contributed by atoms with Gasteiger partial charge in [-0.3, -0.25) is 0 Å². The SMILES string of the molecule is c1ccc(-c2nc(-c3ccc(-c4ccc5c(c4)c4ccccc4n5-c4ccccc4)cc3)nc3ccc(-c4ccc(-c5ccc(-c6ccc7c(c6)c6ccccc6n7-c6ccccc6)cc5)cc4)cc23)cc1. The molecule has 14 aromatic rings. The summed E-state index contributed by atoms with van der Waals surface area (Å²) in [5.74, 6) is 0.702. The number of fused-ring (bicyclic) bond motifs is 7. The first kappa shape index (κ1) is 41.3. The quantitative estimate of drug-likeness (QED) is 0.152. The van der Waals surface area contributed by atoms with Gasteiger partial charge < -0.3 is 9.13 Å². The fourth-order valence-corrected chi connectivity index (χ4v) is 10.8. The summed E-state index contributed by atoms with van der Waals surface area (Å²) < 4.78 is 4.72. The molecule has 0 aliphatic rings. The Balaban J connectivity index is 0.750. The summed E-state index contributed by atoms with van der Waals surface area (Å²) in [4.78, 5) is 10.5. The second-order valence-corrected chi connectivity index (χ2v) is 18.6. The van der Waals surface area contributed by atoms with E-state index in [9.17, 15) is 0 Å². The molecule has 0 unspecified atom stereocenters. The van der Waals surface area contributed by atoms with Crippen LogP contribution in [-0.2, 0) is 0 Å². The molecule has 0 saturated heterocycles. The molecule has 0 atom stereocenters. The monoisotopic (exact) mass is 916 g/mol. The molecule has 336 valence electrons. The lowest BCUT2D eigenvalue weighted by Crippen LogP contribution is -1.96. The first-order valence-corrected chi connectivity index (χ1v) is 24.6. The number of para-hydroxylation sites is 4. The summed E-state index contributed by atoms with van der Waals surface area (Å²) in [6, 6.07) is 95.8. The van der Waals surface area contributed by atoms with Gasteiger partial charge in [0.1, 0.15) is 0 Å². The Labute approximate surface area is 417 Å². The van der Waals surface area contributed by atoms with Gasteiger partial charge in [0.2, 0.25) is 0 Å². The fourth-order valence-electron chi connectivity index (χ4n) is 10.8. The van der Waals surface area contributed by atoms with E-state index in [0.717, 1.165) is 50.1 Å². The van der Waals surface area contributed by atoms with Gasteiger partial charge in [-0.05, 0) is 117 Å². The Morgan fingerprint density at radius 2 is 0.569 bits per heavy atom. The highest BCUT2D eigenvalue weighted by atomic mass is 15.0. The van der Waals surface area contributed by atoms with Crippen molar-refractivity contribution in [2.24, 2.45) is 0 Å². The van der Waals surface area contributed by atoms with E-state index in [1.165, 1.54) is 77.1 Å². The van der Waals surface area contributed by atoms with Crippen molar-refractivity contribution in [2.75, 3.05) is 0 Å². The van der Waals surface area contributed by atoms with Crippen molar-refractivity contribution in [3.63, 3.8) is 0 Å². The Kier molecular flexibility index (Phi) is 9.82. The predicted octanol–water partition coefficient (Wildman–Crippen LogP) is 17.8. The minimum absolute atomic E-state index is 0.702. The van der Waals surface area contributed by atoms with Crippen LogP contribution in [0.2, 0.25) is 0 Å². The molecule has 11 aromatic carbocycles. The Bertz CT molecular complexity index is 4330. The first-order chi connectivity index (χ1) is 35.7. The van der Waals surface area contributed by atoms with Crippen molar-refractivity contribution in [3.05, 3.63) is 267 Å². The van der Waals surface area contributed by atoms with Gasteiger partial charge in [0.25, 0.3) is 0 Å². The standard InChI is InChI=1S/C68H44N4/c1-4-14-50(15-5-1)67-61-44-52(47-28-24-45(25-29-47)46-26-30-48(31-27-46)53-37-40-65-59(42-53)57-20-10-12-22-63(57)71(65)55-16-6-2-7-17-55)36-39-62(61)69-68(70-67)51-34-32-49(33-35-51)54-38-41-66-60(43-54)58-21-11-13-23-64(58)72(66)56-18-8-3-9-19-56/h1-44H. The minimum atomic E-state index is 0.702. The van der Waals surface area contributed by atoms with E-state index in [4.69, 9.17) is 9.97 Å². The lowest BCUT2D eigenvalue weighted by Gasteiger charge is -2.12. The maximum Gasteiger partial charge on any atom is 0.160 e. The van der Waals surface area contributed by atoms with Crippen molar-refractivity contribution in [2.45, 2.75) is 0 Å². The van der Waals surface area contributed by atoms with Crippen LogP contribution in [0.5, 0.6) is 0 Å². The van der Waals surface area contributed by atoms with Gasteiger partial charge in [-0.15, -0.1) is 0 Å². The van der Waals surface area contributed by atoms with Crippen LogP contribution in [-0.4, -0.2) is 19.1 Å². The predicted molar refractivity (Wildman–Crippen MR) is 301 cm³/mol. The van der Waals surface area contributed by atoms with Gasteiger partial charge in [-0.1, -0.05) is 194 Å². The topological polar surface area (TPSA) is 35.6 Å². The second-order valence-electron chi connectivity index (χ2n) is 18.6. The van der Waals surface area contributed by atoms with Gasteiger partial charge in [0.05, 0.1) is 33.3 Å². The van der Waals surface area contributed by atoms with E-state index in [1.807, 2.05) is 0 Å². The van der Waals surface area contributed by atoms with Crippen LogP contribution in [0.3, 0.4) is 0 Å².